The monoisotopic (exact) mass is 341 g/mol. The second-order valence-corrected chi connectivity index (χ2v) is 5.82. The molecule has 2 rings (SSSR count). The quantitative estimate of drug-likeness (QED) is 0.708. The standard InChI is InChI=1S/C11H11N5O6S/c1-5-12-6(2)14-10(13-5)15-11(19)16-23(20,21)9-7(8(17)18)3-4-22-9/h3-4H,1-2H3,(H,17,18)(H2,12,13,14,15,16,19). The second-order valence-electron chi connectivity index (χ2n) is 4.24. The number of hydrogen-bond acceptors (Lipinski definition) is 8. The number of aromatic nitrogens is 3. The summed E-state index contributed by atoms with van der Waals surface area (Å²) in [6.45, 7) is 3.13. The van der Waals surface area contributed by atoms with Crippen molar-refractivity contribution in [3.8, 4) is 0 Å². The Morgan fingerprint density at radius 1 is 1.17 bits per heavy atom. The number of anilines is 1. The minimum atomic E-state index is -4.51. The summed E-state index contributed by atoms with van der Waals surface area (Å²) in [5.74, 6) is -1.01. The van der Waals surface area contributed by atoms with E-state index in [1.54, 1.807) is 18.6 Å². The van der Waals surface area contributed by atoms with Gasteiger partial charge < -0.3 is 9.52 Å². The van der Waals surface area contributed by atoms with Crippen LogP contribution < -0.4 is 10.0 Å². The van der Waals surface area contributed by atoms with Crippen molar-refractivity contribution >= 4 is 28.0 Å². The van der Waals surface area contributed by atoms with Gasteiger partial charge in [-0.3, -0.25) is 5.32 Å². The lowest BCUT2D eigenvalue weighted by molar-refractivity contribution is 0.0689. The van der Waals surface area contributed by atoms with Gasteiger partial charge in [-0.1, -0.05) is 0 Å². The number of urea groups is 1. The Balaban J connectivity index is 2.18. The fourth-order valence-corrected chi connectivity index (χ4v) is 2.64. The minimum absolute atomic E-state index is 0.152. The number of hydrogen-bond donors (Lipinski definition) is 3. The number of carboxylic acids is 1. The van der Waals surface area contributed by atoms with Crippen LogP contribution in [0.4, 0.5) is 10.7 Å². The van der Waals surface area contributed by atoms with E-state index >= 15 is 0 Å². The Labute approximate surface area is 129 Å². The molecule has 0 atom stereocenters. The summed E-state index contributed by atoms with van der Waals surface area (Å²) in [5, 5.41) is 10.1. The molecular weight excluding hydrogens is 330 g/mol. The van der Waals surface area contributed by atoms with Gasteiger partial charge in [-0.05, 0) is 19.9 Å². The number of furan rings is 1. The van der Waals surface area contributed by atoms with E-state index in [0.29, 0.717) is 11.6 Å². The van der Waals surface area contributed by atoms with Crippen molar-refractivity contribution in [2.24, 2.45) is 0 Å². The van der Waals surface area contributed by atoms with Gasteiger partial charge in [0.05, 0.1) is 6.26 Å². The van der Waals surface area contributed by atoms with Crippen molar-refractivity contribution in [3.05, 3.63) is 29.5 Å². The predicted molar refractivity (Wildman–Crippen MR) is 74.3 cm³/mol. The maximum atomic E-state index is 12.0. The van der Waals surface area contributed by atoms with E-state index < -0.39 is 32.7 Å². The van der Waals surface area contributed by atoms with Crippen molar-refractivity contribution in [2.45, 2.75) is 18.9 Å². The summed E-state index contributed by atoms with van der Waals surface area (Å²) in [7, 11) is -4.51. The number of nitrogens with zero attached hydrogens (tertiary/aromatic N) is 3. The first-order valence-electron chi connectivity index (χ1n) is 6.03. The van der Waals surface area contributed by atoms with Gasteiger partial charge in [0.15, 0.2) is 0 Å². The Morgan fingerprint density at radius 2 is 1.78 bits per heavy atom. The molecule has 0 aliphatic rings. The number of carboxylic acid groups (broad SMARTS) is 1. The van der Waals surface area contributed by atoms with Gasteiger partial charge in [0, 0.05) is 0 Å². The van der Waals surface area contributed by atoms with Crippen LogP contribution in [0, 0.1) is 13.8 Å². The smallest absolute Gasteiger partial charge is 0.340 e. The third-order valence-electron chi connectivity index (χ3n) is 2.42. The largest absolute Gasteiger partial charge is 0.478 e. The highest BCUT2D eigenvalue weighted by molar-refractivity contribution is 7.90. The number of rotatable bonds is 4. The van der Waals surface area contributed by atoms with Gasteiger partial charge in [0.2, 0.25) is 5.95 Å². The van der Waals surface area contributed by atoms with Crippen LogP contribution in [0.15, 0.2) is 21.8 Å². The summed E-state index contributed by atoms with van der Waals surface area (Å²) in [6.07, 6.45) is 0.884. The molecule has 11 nitrogen and oxygen atoms in total. The normalized spacial score (nSPS) is 11.0. The lowest BCUT2D eigenvalue weighted by atomic mass is 10.3. The van der Waals surface area contributed by atoms with E-state index in [4.69, 9.17) is 5.11 Å². The molecule has 2 aromatic rings. The maximum Gasteiger partial charge on any atom is 0.340 e. The van der Waals surface area contributed by atoms with E-state index in [1.807, 2.05) is 0 Å². The topological polar surface area (TPSA) is 164 Å². The average molecular weight is 341 g/mol. The lowest BCUT2D eigenvalue weighted by Crippen LogP contribution is -2.35. The summed E-state index contributed by atoms with van der Waals surface area (Å²) in [6, 6.07) is -0.226. The number of aromatic carboxylic acids is 1. The van der Waals surface area contributed by atoms with Crippen molar-refractivity contribution < 1.29 is 27.5 Å². The number of aryl methyl sites for hydroxylation is 2. The zero-order chi connectivity index (χ0) is 17.2. The first kappa shape index (κ1) is 16.4. The molecule has 23 heavy (non-hydrogen) atoms. The van der Waals surface area contributed by atoms with Crippen LogP contribution >= 0.6 is 0 Å². The SMILES string of the molecule is Cc1nc(C)nc(NC(=O)NS(=O)(=O)c2occc2C(=O)O)n1. The Hall–Kier alpha value is -3.02. The lowest BCUT2D eigenvalue weighted by Gasteiger charge is -2.07. The molecule has 0 aliphatic carbocycles. The molecule has 0 spiro atoms. The van der Waals surface area contributed by atoms with Crippen LogP contribution in [-0.2, 0) is 10.0 Å². The molecule has 12 heteroatoms. The molecule has 3 N–H and O–H groups in total. The van der Waals surface area contributed by atoms with E-state index in [9.17, 15) is 18.0 Å². The molecule has 0 radical (unpaired) electrons. The fraction of sp³-hybridized carbons (Fsp3) is 0.182. The molecule has 0 saturated carbocycles. The van der Waals surface area contributed by atoms with Crippen molar-refractivity contribution in [3.63, 3.8) is 0 Å². The number of carbonyl (C=O) groups is 2. The number of sulfonamides is 1. The van der Waals surface area contributed by atoms with Crippen molar-refractivity contribution in [2.75, 3.05) is 5.32 Å². The van der Waals surface area contributed by atoms with E-state index in [0.717, 1.165) is 12.3 Å². The van der Waals surface area contributed by atoms with E-state index in [-0.39, 0.29) is 5.95 Å². The highest BCUT2D eigenvalue weighted by Crippen LogP contribution is 2.16. The number of amides is 2. The molecular formula is C11H11N5O6S. The average Bonchev–Trinajstić information content (AvgIpc) is 2.86. The third kappa shape index (κ3) is 3.79. The Kier molecular flexibility index (Phi) is 4.27. The highest BCUT2D eigenvalue weighted by Gasteiger charge is 2.28. The number of carbonyl (C=O) groups excluding carboxylic acids is 1. The second kappa shape index (κ2) is 6.00. The Morgan fingerprint density at radius 3 is 2.35 bits per heavy atom. The molecule has 0 fully saturated rings. The van der Waals surface area contributed by atoms with Gasteiger partial charge in [-0.2, -0.15) is 18.4 Å². The predicted octanol–water partition coefficient (Wildman–Crippen LogP) is 0.290. The maximum absolute atomic E-state index is 12.0. The molecule has 122 valence electrons. The van der Waals surface area contributed by atoms with Gasteiger partial charge >= 0.3 is 12.0 Å². The van der Waals surface area contributed by atoms with Crippen LogP contribution in [0.5, 0.6) is 0 Å². The molecule has 0 bridgehead atoms. The molecule has 0 unspecified atom stereocenters. The molecule has 0 saturated heterocycles. The summed E-state index contributed by atoms with van der Waals surface area (Å²) < 4.78 is 30.2. The van der Waals surface area contributed by atoms with Gasteiger partial charge in [-0.15, -0.1) is 0 Å². The fourth-order valence-electron chi connectivity index (χ4n) is 1.63. The van der Waals surface area contributed by atoms with Gasteiger partial charge in [-0.25, -0.2) is 19.3 Å². The minimum Gasteiger partial charge on any atom is -0.478 e. The van der Waals surface area contributed by atoms with E-state index in [2.05, 4.69) is 24.7 Å². The molecule has 0 aliphatic heterocycles. The molecule has 0 aromatic carbocycles. The molecule has 2 heterocycles. The summed E-state index contributed by atoms with van der Waals surface area (Å²) >= 11 is 0. The zero-order valence-corrected chi connectivity index (χ0v) is 12.7. The third-order valence-corrected chi connectivity index (χ3v) is 3.67. The van der Waals surface area contributed by atoms with Gasteiger partial charge in [0.1, 0.15) is 17.2 Å². The zero-order valence-electron chi connectivity index (χ0n) is 11.9. The molecule has 2 amide bonds. The summed E-state index contributed by atoms with van der Waals surface area (Å²) in [4.78, 5) is 34.1. The van der Waals surface area contributed by atoms with Crippen LogP contribution in [0.1, 0.15) is 22.0 Å². The summed E-state index contributed by atoms with van der Waals surface area (Å²) in [5.41, 5.74) is -0.600. The van der Waals surface area contributed by atoms with Crippen molar-refractivity contribution in [1.82, 2.24) is 19.7 Å². The number of nitrogens with one attached hydrogen (secondary N) is 2. The van der Waals surface area contributed by atoms with Crippen molar-refractivity contribution in [1.29, 1.82) is 0 Å². The highest BCUT2D eigenvalue weighted by atomic mass is 32.2. The van der Waals surface area contributed by atoms with Crippen LogP contribution in [0.3, 0.4) is 0 Å². The van der Waals surface area contributed by atoms with Crippen LogP contribution in [0.25, 0.3) is 0 Å². The van der Waals surface area contributed by atoms with E-state index in [1.165, 1.54) is 0 Å². The first-order chi connectivity index (χ1) is 10.7. The van der Waals surface area contributed by atoms with Crippen LogP contribution in [-0.4, -0.2) is 40.5 Å². The molecule has 2 aromatic heterocycles. The van der Waals surface area contributed by atoms with Gasteiger partial charge in [0.25, 0.3) is 15.1 Å². The van der Waals surface area contributed by atoms with Crippen LogP contribution in [0.2, 0.25) is 0 Å². The Bertz CT molecular complexity index is 855. The first-order valence-corrected chi connectivity index (χ1v) is 7.51.